The molecule has 0 heterocycles. The van der Waals surface area contributed by atoms with Crippen molar-refractivity contribution in [3.8, 4) is 5.75 Å². The molecule has 1 saturated carbocycles. The van der Waals surface area contributed by atoms with Gasteiger partial charge in [0.15, 0.2) is 5.75 Å². The molecule has 0 amide bonds. The van der Waals surface area contributed by atoms with Crippen LogP contribution in [0, 0.1) is 5.41 Å². The molecule has 1 fully saturated rings. The second kappa shape index (κ2) is 6.30. The lowest BCUT2D eigenvalue weighted by Gasteiger charge is -2.27. The SMILES string of the molecule is O=S(=O)(Cl)CC1(COc2c(Cl)cccc2Cl)CCCC1. The smallest absolute Gasteiger partial charge is 0.233 e. The summed E-state index contributed by atoms with van der Waals surface area (Å²) >= 11 is 12.1. The van der Waals surface area contributed by atoms with E-state index in [4.69, 9.17) is 38.6 Å². The molecule has 112 valence electrons. The molecule has 1 aliphatic carbocycles. The van der Waals surface area contributed by atoms with Crippen molar-refractivity contribution < 1.29 is 13.2 Å². The van der Waals surface area contributed by atoms with Crippen LogP contribution in [0.4, 0.5) is 0 Å². The van der Waals surface area contributed by atoms with E-state index >= 15 is 0 Å². The van der Waals surface area contributed by atoms with Crippen molar-refractivity contribution in [3.63, 3.8) is 0 Å². The highest BCUT2D eigenvalue weighted by molar-refractivity contribution is 8.13. The number of ether oxygens (including phenoxy) is 1. The lowest BCUT2D eigenvalue weighted by atomic mass is 9.90. The van der Waals surface area contributed by atoms with Crippen molar-refractivity contribution >= 4 is 42.9 Å². The minimum atomic E-state index is -3.56. The number of hydrogen-bond acceptors (Lipinski definition) is 3. The molecular formula is C13H15Cl3O3S. The summed E-state index contributed by atoms with van der Waals surface area (Å²) in [6.07, 6.45) is 3.51. The molecule has 3 nitrogen and oxygen atoms in total. The topological polar surface area (TPSA) is 43.4 Å². The van der Waals surface area contributed by atoms with E-state index in [1.54, 1.807) is 18.2 Å². The molecule has 0 radical (unpaired) electrons. The van der Waals surface area contributed by atoms with Gasteiger partial charge in [0.05, 0.1) is 22.4 Å². The largest absolute Gasteiger partial charge is 0.490 e. The molecule has 1 aromatic carbocycles. The molecule has 7 heteroatoms. The van der Waals surface area contributed by atoms with Gasteiger partial charge in [-0.2, -0.15) is 0 Å². The number of rotatable bonds is 5. The van der Waals surface area contributed by atoms with Gasteiger partial charge < -0.3 is 4.74 Å². The van der Waals surface area contributed by atoms with Crippen LogP contribution >= 0.6 is 33.9 Å². The maximum Gasteiger partial charge on any atom is 0.233 e. The van der Waals surface area contributed by atoms with E-state index in [-0.39, 0.29) is 12.4 Å². The van der Waals surface area contributed by atoms with Crippen LogP contribution in [0.1, 0.15) is 25.7 Å². The molecule has 0 N–H and O–H groups in total. The van der Waals surface area contributed by atoms with Gasteiger partial charge in [0.25, 0.3) is 0 Å². The van der Waals surface area contributed by atoms with Crippen molar-refractivity contribution in [2.24, 2.45) is 5.41 Å². The van der Waals surface area contributed by atoms with Gasteiger partial charge in [0.2, 0.25) is 9.05 Å². The summed E-state index contributed by atoms with van der Waals surface area (Å²) in [6, 6.07) is 5.09. The normalized spacial score (nSPS) is 18.1. The van der Waals surface area contributed by atoms with E-state index in [2.05, 4.69) is 0 Å². The fourth-order valence-electron chi connectivity index (χ4n) is 2.67. The van der Waals surface area contributed by atoms with E-state index in [1.165, 1.54) is 0 Å². The van der Waals surface area contributed by atoms with E-state index in [0.717, 1.165) is 25.7 Å². The van der Waals surface area contributed by atoms with Crippen molar-refractivity contribution in [3.05, 3.63) is 28.2 Å². The van der Waals surface area contributed by atoms with Gasteiger partial charge in [-0.05, 0) is 25.0 Å². The van der Waals surface area contributed by atoms with Crippen molar-refractivity contribution in [1.29, 1.82) is 0 Å². The van der Waals surface area contributed by atoms with E-state index < -0.39 is 14.5 Å². The predicted molar refractivity (Wildman–Crippen MR) is 82.5 cm³/mol. The third kappa shape index (κ3) is 4.17. The third-order valence-electron chi connectivity index (χ3n) is 3.58. The Balaban J connectivity index is 2.14. The van der Waals surface area contributed by atoms with Gasteiger partial charge in [-0.1, -0.05) is 42.1 Å². The molecular weight excluding hydrogens is 343 g/mol. The number of hydrogen-bond donors (Lipinski definition) is 0. The summed E-state index contributed by atoms with van der Waals surface area (Å²) < 4.78 is 28.5. The zero-order chi connectivity index (χ0) is 14.8. The molecule has 1 aromatic rings. The minimum Gasteiger partial charge on any atom is -0.490 e. The quantitative estimate of drug-likeness (QED) is 0.729. The lowest BCUT2D eigenvalue weighted by Crippen LogP contribution is -2.32. The minimum absolute atomic E-state index is 0.0797. The molecule has 0 saturated heterocycles. The van der Waals surface area contributed by atoms with Crippen LogP contribution in [0.25, 0.3) is 0 Å². The molecule has 1 aliphatic rings. The van der Waals surface area contributed by atoms with Crippen LogP contribution in [-0.4, -0.2) is 20.8 Å². The molecule has 0 unspecified atom stereocenters. The van der Waals surface area contributed by atoms with Crippen LogP contribution < -0.4 is 4.74 Å². The molecule has 2 rings (SSSR count). The van der Waals surface area contributed by atoms with E-state index in [1.807, 2.05) is 0 Å². The van der Waals surface area contributed by atoms with Gasteiger partial charge in [-0.3, -0.25) is 0 Å². The molecule has 0 aliphatic heterocycles. The Morgan fingerprint density at radius 1 is 1.15 bits per heavy atom. The predicted octanol–water partition coefficient (Wildman–Crippen LogP) is 4.50. The first-order valence-electron chi connectivity index (χ1n) is 6.31. The first-order chi connectivity index (χ1) is 9.31. The van der Waals surface area contributed by atoms with Crippen LogP contribution in [0.15, 0.2) is 18.2 Å². The Morgan fingerprint density at radius 2 is 1.70 bits per heavy atom. The first-order valence-corrected chi connectivity index (χ1v) is 9.54. The van der Waals surface area contributed by atoms with Gasteiger partial charge in [0.1, 0.15) is 0 Å². The van der Waals surface area contributed by atoms with Gasteiger partial charge in [0, 0.05) is 16.1 Å². The summed E-state index contributed by atoms with van der Waals surface area (Å²) in [5, 5.41) is 0.832. The van der Waals surface area contributed by atoms with Crippen LogP contribution in [0.3, 0.4) is 0 Å². The molecule has 20 heavy (non-hydrogen) atoms. The summed E-state index contributed by atoms with van der Waals surface area (Å²) in [4.78, 5) is 0. The highest BCUT2D eigenvalue weighted by atomic mass is 35.7. The van der Waals surface area contributed by atoms with Crippen LogP contribution in [-0.2, 0) is 9.05 Å². The molecule has 0 aromatic heterocycles. The highest BCUT2D eigenvalue weighted by Gasteiger charge is 2.39. The lowest BCUT2D eigenvalue weighted by molar-refractivity contribution is 0.171. The van der Waals surface area contributed by atoms with Crippen LogP contribution in [0.2, 0.25) is 10.0 Å². The Hall–Kier alpha value is -0.160. The fraction of sp³-hybridized carbons (Fsp3) is 0.538. The fourth-order valence-corrected chi connectivity index (χ4v) is 4.97. The monoisotopic (exact) mass is 356 g/mol. The number of para-hydroxylation sites is 1. The molecule has 0 atom stereocenters. The van der Waals surface area contributed by atoms with Crippen molar-refractivity contribution in [1.82, 2.24) is 0 Å². The highest BCUT2D eigenvalue weighted by Crippen LogP contribution is 2.42. The Labute approximate surface area is 133 Å². The van der Waals surface area contributed by atoms with E-state index in [9.17, 15) is 8.42 Å². The average molecular weight is 358 g/mol. The van der Waals surface area contributed by atoms with Crippen LogP contribution in [0.5, 0.6) is 5.75 Å². The van der Waals surface area contributed by atoms with Gasteiger partial charge in [-0.15, -0.1) is 0 Å². The van der Waals surface area contributed by atoms with Gasteiger partial charge in [-0.25, -0.2) is 8.42 Å². The molecule has 0 bridgehead atoms. The standard InChI is InChI=1S/C13H15Cl3O3S/c14-10-4-3-5-11(15)12(10)19-8-13(6-1-2-7-13)9-20(16,17)18/h3-5H,1-2,6-9H2. The number of halogens is 3. The summed E-state index contributed by atoms with van der Waals surface area (Å²) in [5.74, 6) is 0.318. The summed E-state index contributed by atoms with van der Waals surface area (Å²) in [5.41, 5.74) is -0.441. The third-order valence-corrected chi connectivity index (χ3v) is 5.46. The zero-order valence-corrected chi connectivity index (χ0v) is 13.8. The maximum absolute atomic E-state index is 11.4. The Morgan fingerprint density at radius 3 is 2.20 bits per heavy atom. The summed E-state index contributed by atoms with van der Waals surface area (Å²) in [7, 11) is 1.85. The van der Waals surface area contributed by atoms with E-state index in [0.29, 0.717) is 15.8 Å². The summed E-state index contributed by atoms with van der Waals surface area (Å²) in [6.45, 7) is 0.252. The number of benzene rings is 1. The Kier molecular flexibility index (Phi) is 5.11. The molecule has 0 spiro atoms. The van der Waals surface area contributed by atoms with Crippen molar-refractivity contribution in [2.45, 2.75) is 25.7 Å². The van der Waals surface area contributed by atoms with Crippen molar-refractivity contribution in [2.75, 3.05) is 12.4 Å². The Bertz CT molecular complexity index is 560. The first kappa shape index (κ1) is 16.2. The average Bonchev–Trinajstić information content (AvgIpc) is 2.75. The second-order valence-electron chi connectivity index (χ2n) is 5.23. The van der Waals surface area contributed by atoms with Gasteiger partial charge >= 0.3 is 0 Å². The maximum atomic E-state index is 11.4. The second-order valence-corrected chi connectivity index (χ2v) is 8.82. The zero-order valence-electron chi connectivity index (χ0n) is 10.7.